The summed E-state index contributed by atoms with van der Waals surface area (Å²) < 4.78 is 20.3. The zero-order chi connectivity index (χ0) is 22.0. The quantitative estimate of drug-likeness (QED) is 0.625. The lowest BCUT2D eigenvalue weighted by atomic mass is 10.1. The molecule has 162 valence electrons. The van der Waals surface area contributed by atoms with Crippen LogP contribution in [0.15, 0.2) is 41.5 Å². The molecule has 2 atom stereocenters. The van der Waals surface area contributed by atoms with Crippen molar-refractivity contribution in [2.24, 2.45) is 0 Å². The molecule has 3 aromatic rings. The Bertz CT molecular complexity index is 1150. The van der Waals surface area contributed by atoms with Gasteiger partial charge in [-0.25, -0.2) is 9.37 Å². The molecule has 0 radical (unpaired) electrons. The molecule has 1 aliphatic rings. The number of aromatic amines is 1. The maximum Gasteiger partial charge on any atom is 0.269 e. The Morgan fingerprint density at radius 2 is 2.13 bits per heavy atom. The van der Waals surface area contributed by atoms with Gasteiger partial charge in [0.2, 0.25) is 0 Å². The third kappa shape index (κ3) is 4.56. The van der Waals surface area contributed by atoms with Gasteiger partial charge in [-0.2, -0.15) is 0 Å². The molecule has 0 bridgehead atoms. The van der Waals surface area contributed by atoms with Crippen molar-refractivity contribution >= 4 is 16.9 Å². The van der Waals surface area contributed by atoms with Crippen molar-refractivity contribution in [3.8, 4) is 5.75 Å². The molecule has 3 aromatic heterocycles. The minimum Gasteiger partial charge on any atom is -0.484 e. The number of amides is 1. The summed E-state index contributed by atoms with van der Waals surface area (Å²) >= 11 is 0. The highest BCUT2D eigenvalue weighted by molar-refractivity contribution is 5.91. The number of aryl methyl sites for hydroxylation is 1. The van der Waals surface area contributed by atoms with E-state index in [9.17, 15) is 14.0 Å². The number of nitrogens with one attached hydrogen (secondary N) is 2. The van der Waals surface area contributed by atoms with Gasteiger partial charge in [-0.15, -0.1) is 0 Å². The van der Waals surface area contributed by atoms with Crippen molar-refractivity contribution in [1.82, 2.24) is 25.2 Å². The summed E-state index contributed by atoms with van der Waals surface area (Å²) in [4.78, 5) is 36.9. The Balaban J connectivity index is 1.41. The number of hydrogen-bond donors (Lipinski definition) is 2. The summed E-state index contributed by atoms with van der Waals surface area (Å²) in [5, 5.41) is 2.50. The van der Waals surface area contributed by atoms with Gasteiger partial charge in [0.1, 0.15) is 17.5 Å². The number of hydrogen-bond acceptors (Lipinski definition) is 6. The van der Waals surface area contributed by atoms with Crippen molar-refractivity contribution < 1.29 is 13.9 Å². The molecule has 2 N–H and O–H groups in total. The number of pyridine rings is 3. The molecule has 0 unspecified atom stereocenters. The fourth-order valence-corrected chi connectivity index (χ4v) is 3.71. The van der Waals surface area contributed by atoms with Crippen molar-refractivity contribution in [1.29, 1.82) is 0 Å². The Hall–Kier alpha value is -3.33. The molecular weight excluding hydrogens is 401 g/mol. The van der Waals surface area contributed by atoms with Crippen LogP contribution in [0.5, 0.6) is 5.75 Å². The second kappa shape index (κ2) is 8.81. The van der Waals surface area contributed by atoms with E-state index >= 15 is 0 Å². The number of H-pyrrole nitrogens is 1. The van der Waals surface area contributed by atoms with E-state index in [4.69, 9.17) is 4.74 Å². The van der Waals surface area contributed by atoms with Gasteiger partial charge < -0.3 is 15.0 Å². The summed E-state index contributed by atoms with van der Waals surface area (Å²) in [7, 11) is 1.53. The zero-order valence-electron chi connectivity index (χ0n) is 17.4. The van der Waals surface area contributed by atoms with Crippen LogP contribution in [0.4, 0.5) is 4.39 Å². The van der Waals surface area contributed by atoms with Gasteiger partial charge in [-0.05, 0) is 36.2 Å². The predicted octanol–water partition coefficient (Wildman–Crippen LogP) is 1.84. The highest BCUT2D eigenvalue weighted by atomic mass is 19.1. The summed E-state index contributed by atoms with van der Waals surface area (Å²) in [6, 6.07) is 6.84. The van der Waals surface area contributed by atoms with Gasteiger partial charge in [-0.3, -0.25) is 19.5 Å². The first-order chi connectivity index (χ1) is 15.0. The molecule has 9 heteroatoms. The first-order valence-electron chi connectivity index (χ1n) is 10.2. The average molecular weight is 425 g/mol. The Morgan fingerprint density at radius 3 is 2.84 bits per heavy atom. The fraction of sp³-hybridized carbons (Fsp3) is 0.364. The maximum absolute atomic E-state index is 14.6. The molecule has 1 fully saturated rings. The molecule has 4 rings (SSSR count). The Morgan fingerprint density at radius 1 is 1.29 bits per heavy atom. The molecule has 8 nitrogen and oxygen atoms in total. The standard InChI is InChI=1S/C22H24FN5O3/c1-3-14-7-18-19(27-21(14)29)6-13(8-25-18)10-28-11-16(23)20(12-28)31-15-4-5-17(26-9-15)22(30)24-2/h4-9,16,20H,3,10-12H2,1-2H3,(H,24,30)(H,27,29)/t16-,20+/m1/s1. The number of fused-ring (bicyclic) bond motifs is 1. The van der Waals surface area contributed by atoms with E-state index < -0.39 is 12.3 Å². The minimum absolute atomic E-state index is 0.108. The van der Waals surface area contributed by atoms with Gasteiger partial charge in [0, 0.05) is 38.4 Å². The van der Waals surface area contributed by atoms with E-state index in [-0.39, 0.29) is 23.7 Å². The van der Waals surface area contributed by atoms with Crippen LogP contribution in [0.1, 0.15) is 28.5 Å². The largest absolute Gasteiger partial charge is 0.484 e. The topological polar surface area (TPSA) is 100 Å². The van der Waals surface area contributed by atoms with Crippen LogP contribution in [0.25, 0.3) is 11.0 Å². The number of ether oxygens (including phenoxy) is 1. The number of carbonyl (C=O) groups is 1. The predicted molar refractivity (Wildman–Crippen MR) is 114 cm³/mol. The number of rotatable bonds is 6. The van der Waals surface area contributed by atoms with Crippen LogP contribution in [0.3, 0.4) is 0 Å². The maximum atomic E-state index is 14.6. The molecule has 0 spiro atoms. The molecule has 0 aliphatic carbocycles. The van der Waals surface area contributed by atoms with Crippen LogP contribution >= 0.6 is 0 Å². The Kier molecular flexibility index (Phi) is 5.94. The van der Waals surface area contributed by atoms with E-state index in [0.717, 1.165) is 11.1 Å². The van der Waals surface area contributed by atoms with Crippen LogP contribution in [-0.2, 0) is 13.0 Å². The van der Waals surface area contributed by atoms with Crippen molar-refractivity contribution in [3.05, 3.63) is 63.8 Å². The molecule has 1 amide bonds. The lowest BCUT2D eigenvalue weighted by Crippen LogP contribution is -2.27. The van der Waals surface area contributed by atoms with E-state index in [1.54, 1.807) is 24.4 Å². The monoisotopic (exact) mass is 425 g/mol. The van der Waals surface area contributed by atoms with Gasteiger partial charge in [0.05, 0.1) is 17.2 Å². The first kappa shape index (κ1) is 20.9. The SMILES string of the molecule is CCc1cc2ncc(CN3C[C@@H](F)[C@@H](Oc4ccc(C(=O)NC)nc4)C3)cc2[nH]c1=O. The average Bonchev–Trinajstić information content (AvgIpc) is 3.11. The summed E-state index contributed by atoms with van der Waals surface area (Å²) in [5.74, 6) is 0.122. The molecule has 4 heterocycles. The second-order valence-corrected chi connectivity index (χ2v) is 7.58. The number of nitrogens with zero attached hydrogens (tertiary/aromatic N) is 3. The number of halogens is 1. The van der Waals surface area contributed by atoms with Crippen molar-refractivity contribution in [2.75, 3.05) is 20.1 Å². The second-order valence-electron chi connectivity index (χ2n) is 7.58. The fourth-order valence-electron chi connectivity index (χ4n) is 3.71. The third-order valence-corrected chi connectivity index (χ3v) is 5.37. The number of likely N-dealkylation sites (tertiary alicyclic amines) is 1. The molecular formula is C22H24FN5O3. The molecule has 1 aliphatic heterocycles. The molecule has 0 saturated carbocycles. The van der Waals surface area contributed by atoms with Gasteiger partial charge in [-0.1, -0.05) is 6.92 Å². The first-order valence-corrected chi connectivity index (χ1v) is 10.2. The summed E-state index contributed by atoms with van der Waals surface area (Å²) in [6.45, 7) is 3.06. The lowest BCUT2D eigenvalue weighted by Gasteiger charge is -2.17. The van der Waals surface area contributed by atoms with Gasteiger partial charge >= 0.3 is 0 Å². The van der Waals surface area contributed by atoms with E-state index in [1.165, 1.54) is 13.2 Å². The van der Waals surface area contributed by atoms with Gasteiger partial charge in [0.25, 0.3) is 11.5 Å². The molecule has 1 saturated heterocycles. The van der Waals surface area contributed by atoms with Crippen LogP contribution < -0.4 is 15.6 Å². The highest BCUT2D eigenvalue weighted by Crippen LogP contribution is 2.22. The van der Waals surface area contributed by atoms with Crippen molar-refractivity contribution in [2.45, 2.75) is 32.2 Å². The number of carbonyl (C=O) groups excluding carboxylic acids is 1. The summed E-state index contributed by atoms with van der Waals surface area (Å²) in [5.41, 5.74) is 3.16. The normalized spacial score (nSPS) is 18.9. The number of aromatic nitrogens is 3. The smallest absolute Gasteiger partial charge is 0.269 e. The summed E-state index contributed by atoms with van der Waals surface area (Å²) in [6.07, 6.45) is 2.04. The van der Waals surface area contributed by atoms with Crippen molar-refractivity contribution in [3.63, 3.8) is 0 Å². The zero-order valence-corrected chi connectivity index (χ0v) is 17.4. The van der Waals surface area contributed by atoms with E-state index in [1.807, 2.05) is 17.9 Å². The van der Waals surface area contributed by atoms with E-state index in [0.29, 0.717) is 36.3 Å². The Labute approximate surface area is 178 Å². The van der Waals surface area contributed by atoms with Crippen LogP contribution in [0, 0.1) is 0 Å². The third-order valence-electron chi connectivity index (χ3n) is 5.37. The van der Waals surface area contributed by atoms with E-state index in [2.05, 4.69) is 20.3 Å². The van der Waals surface area contributed by atoms with Crippen LogP contribution in [-0.4, -0.2) is 58.2 Å². The number of alkyl halides is 1. The molecule has 31 heavy (non-hydrogen) atoms. The minimum atomic E-state index is -1.15. The highest BCUT2D eigenvalue weighted by Gasteiger charge is 2.34. The molecule has 0 aromatic carbocycles. The van der Waals surface area contributed by atoms with Crippen LogP contribution in [0.2, 0.25) is 0 Å². The van der Waals surface area contributed by atoms with Gasteiger partial charge in [0.15, 0.2) is 6.17 Å². The lowest BCUT2D eigenvalue weighted by molar-refractivity contribution is 0.0957.